The second kappa shape index (κ2) is 6.12. The van der Waals surface area contributed by atoms with Crippen LogP contribution < -0.4 is 15.4 Å². The first-order valence-corrected chi connectivity index (χ1v) is 10.9. The summed E-state index contributed by atoms with van der Waals surface area (Å²) in [4.78, 5) is 2.21. The summed E-state index contributed by atoms with van der Waals surface area (Å²) < 4.78 is 12.4. The molecule has 0 saturated carbocycles. The molecule has 124 valence electrons. The summed E-state index contributed by atoms with van der Waals surface area (Å²) in [6.07, 6.45) is 1.09. The van der Waals surface area contributed by atoms with E-state index < -0.39 is 8.32 Å². The molecule has 1 aliphatic heterocycles. The number of nitrogens with two attached hydrogens (primary N) is 1. The van der Waals surface area contributed by atoms with Crippen molar-refractivity contribution >= 4 is 19.7 Å². The molecule has 1 atom stereocenters. The lowest BCUT2D eigenvalue weighted by Gasteiger charge is -2.38. The van der Waals surface area contributed by atoms with E-state index in [1.807, 2.05) is 18.2 Å². The molecule has 0 fully saturated rings. The van der Waals surface area contributed by atoms with Crippen LogP contribution in [0.25, 0.3) is 0 Å². The molecule has 0 saturated heterocycles. The second-order valence-electron chi connectivity index (χ2n) is 7.74. The zero-order valence-corrected chi connectivity index (χ0v) is 15.8. The van der Waals surface area contributed by atoms with Gasteiger partial charge in [0.25, 0.3) is 0 Å². The molecule has 1 aromatic carbocycles. The molecule has 4 nitrogen and oxygen atoms in total. The zero-order chi connectivity index (χ0) is 16.5. The van der Waals surface area contributed by atoms with Crippen molar-refractivity contribution in [2.45, 2.75) is 51.4 Å². The number of benzene rings is 1. The topological polar surface area (TPSA) is 47.7 Å². The molecule has 0 amide bonds. The normalized spacial score (nSPS) is 18.8. The standard InChI is InChI=1S/C17H30N2O2Si/c1-17(2,3)22(5,6)20-10-9-14-12-19(4)15-11-13(18)7-8-16(15)21-14/h7-8,11,14H,9-10,12,18H2,1-6H3. The van der Waals surface area contributed by atoms with Crippen molar-refractivity contribution in [2.75, 3.05) is 30.8 Å². The van der Waals surface area contributed by atoms with Gasteiger partial charge in [-0.25, -0.2) is 0 Å². The van der Waals surface area contributed by atoms with Crippen molar-refractivity contribution in [2.24, 2.45) is 0 Å². The van der Waals surface area contributed by atoms with Gasteiger partial charge in [-0.1, -0.05) is 20.8 Å². The Balaban J connectivity index is 1.92. The van der Waals surface area contributed by atoms with Crippen molar-refractivity contribution in [3.05, 3.63) is 18.2 Å². The molecule has 1 aromatic rings. The van der Waals surface area contributed by atoms with Crippen LogP contribution in [0, 0.1) is 0 Å². The van der Waals surface area contributed by atoms with E-state index in [9.17, 15) is 0 Å². The number of hydrogen-bond donors (Lipinski definition) is 1. The Morgan fingerprint density at radius 2 is 2.05 bits per heavy atom. The third-order valence-corrected chi connectivity index (χ3v) is 9.41. The lowest BCUT2D eigenvalue weighted by molar-refractivity contribution is 0.153. The molecule has 5 heteroatoms. The Hall–Kier alpha value is -1.20. The molecule has 1 heterocycles. The molecule has 2 N–H and O–H groups in total. The Morgan fingerprint density at radius 3 is 2.68 bits per heavy atom. The first-order chi connectivity index (χ1) is 10.1. The van der Waals surface area contributed by atoms with Crippen molar-refractivity contribution in [1.82, 2.24) is 0 Å². The molecule has 0 radical (unpaired) electrons. The lowest BCUT2D eigenvalue weighted by atomic mass is 10.1. The van der Waals surface area contributed by atoms with Crippen LogP contribution in [-0.2, 0) is 4.43 Å². The van der Waals surface area contributed by atoms with E-state index in [4.69, 9.17) is 14.9 Å². The SMILES string of the molecule is CN1CC(CCO[Si](C)(C)C(C)(C)C)Oc2ccc(N)cc21. The Morgan fingerprint density at radius 1 is 1.36 bits per heavy atom. The summed E-state index contributed by atoms with van der Waals surface area (Å²) in [5, 5.41) is 0.251. The van der Waals surface area contributed by atoms with Crippen LogP contribution in [0.15, 0.2) is 18.2 Å². The average molecular weight is 323 g/mol. The van der Waals surface area contributed by atoms with E-state index in [0.717, 1.165) is 36.7 Å². The number of anilines is 2. The maximum absolute atomic E-state index is 6.26. The number of nitrogen functional groups attached to an aromatic ring is 1. The lowest BCUT2D eigenvalue weighted by Crippen LogP contribution is -2.43. The monoisotopic (exact) mass is 322 g/mol. The summed E-state index contributed by atoms with van der Waals surface area (Å²) >= 11 is 0. The Bertz CT molecular complexity index is 526. The van der Waals surface area contributed by atoms with Gasteiger partial charge in [-0.3, -0.25) is 0 Å². The first kappa shape index (κ1) is 17.2. The van der Waals surface area contributed by atoms with Crippen LogP contribution in [0.1, 0.15) is 27.2 Å². The van der Waals surface area contributed by atoms with Crippen LogP contribution in [-0.4, -0.2) is 34.6 Å². The number of fused-ring (bicyclic) bond motifs is 1. The van der Waals surface area contributed by atoms with E-state index in [1.165, 1.54) is 0 Å². The molecule has 0 spiro atoms. The van der Waals surface area contributed by atoms with E-state index in [-0.39, 0.29) is 11.1 Å². The zero-order valence-electron chi connectivity index (χ0n) is 14.8. The van der Waals surface area contributed by atoms with E-state index in [1.54, 1.807) is 0 Å². The van der Waals surface area contributed by atoms with Gasteiger partial charge in [0.05, 0.1) is 12.2 Å². The minimum Gasteiger partial charge on any atom is -0.486 e. The minimum absolute atomic E-state index is 0.172. The number of likely N-dealkylation sites (N-methyl/N-ethyl adjacent to an activating group) is 1. The second-order valence-corrected chi connectivity index (χ2v) is 12.6. The summed E-state index contributed by atoms with van der Waals surface area (Å²) in [7, 11) is 0.415. The third kappa shape index (κ3) is 3.76. The van der Waals surface area contributed by atoms with Crippen molar-refractivity contribution in [3.63, 3.8) is 0 Å². The fourth-order valence-corrected chi connectivity index (χ4v) is 3.43. The predicted octanol–water partition coefficient (Wildman–Crippen LogP) is 3.88. The molecule has 1 aliphatic rings. The highest BCUT2D eigenvalue weighted by Crippen LogP contribution is 2.37. The Kier molecular flexibility index (Phi) is 4.78. The fraction of sp³-hybridized carbons (Fsp3) is 0.647. The van der Waals surface area contributed by atoms with Crippen molar-refractivity contribution in [3.8, 4) is 5.75 Å². The molecular formula is C17H30N2O2Si. The summed E-state index contributed by atoms with van der Waals surface area (Å²) in [5.41, 5.74) is 7.69. The Labute approximate surface area is 135 Å². The summed E-state index contributed by atoms with van der Waals surface area (Å²) in [6.45, 7) is 13.0. The van der Waals surface area contributed by atoms with Gasteiger partial charge in [-0.15, -0.1) is 0 Å². The summed E-state index contributed by atoms with van der Waals surface area (Å²) in [5.74, 6) is 0.917. The van der Waals surface area contributed by atoms with E-state index in [0.29, 0.717) is 0 Å². The van der Waals surface area contributed by atoms with Gasteiger partial charge in [-0.05, 0) is 36.3 Å². The molecule has 2 rings (SSSR count). The maximum Gasteiger partial charge on any atom is 0.191 e. The number of rotatable bonds is 4. The van der Waals surface area contributed by atoms with Gasteiger partial charge in [0.1, 0.15) is 11.9 Å². The third-order valence-electron chi connectivity index (χ3n) is 4.87. The quantitative estimate of drug-likeness (QED) is 0.675. The number of hydrogen-bond acceptors (Lipinski definition) is 4. The molecule has 0 aromatic heterocycles. The van der Waals surface area contributed by atoms with Crippen LogP contribution in [0.2, 0.25) is 18.1 Å². The van der Waals surface area contributed by atoms with Gasteiger partial charge in [0.15, 0.2) is 8.32 Å². The van der Waals surface area contributed by atoms with Crippen molar-refractivity contribution in [1.29, 1.82) is 0 Å². The molecule has 1 unspecified atom stereocenters. The molecule has 22 heavy (non-hydrogen) atoms. The van der Waals surface area contributed by atoms with Crippen LogP contribution >= 0.6 is 0 Å². The highest BCUT2D eigenvalue weighted by atomic mass is 28.4. The average Bonchev–Trinajstić information content (AvgIpc) is 2.38. The molecule has 0 bridgehead atoms. The molecular weight excluding hydrogens is 292 g/mol. The van der Waals surface area contributed by atoms with Crippen LogP contribution in [0.5, 0.6) is 5.75 Å². The fourth-order valence-electron chi connectivity index (χ4n) is 2.37. The maximum atomic E-state index is 6.26. The number of nitrogens with zero attached hydrogens (tertiary/aromatic N) is 1. The van der Waals surface area contributed by atoms with Gasteiger partial charge in [0.2, 0.25) is 0 Å². The first-order valence-electron chi connectivity index (χ1n) is 8.01. The number of ether oxygens (including phenoxy) is 1. The van der Waals surface area contributed by atoms with Gasteiger partial charge >= 0.3 is 0 Å². The summed E-state index contributed by atoms with van der Waals surface area (Å²) in [6, 6.07) is 5.82. The smallest absolute Gasteiger partial charge is 0.191 e. The highest BCUT2D eigenvalue weighted by molar-refractivity contribution is 6.74. The largest absolute Gasteiger partial charge is 0.486 e. The van der Waals surface area contributed by atoms with Gasteiger partial charge in [-0.2, -0.15) is 0 Å². The van der Waals surface area contributed by atoms with Gasteiger partial charge < -0.3 is 19.8 Å². The minimum atomic E-state index is -1.67. The van der Waals surface area contributed by atoms with Crippen LogP contribution in [0.4, 0.5) is 11.4 Å². The van der Waals surface area contributed by atoms with Crippen LogP contribution in [0.3, 0.4) is 0 Å². The molecule has 0 aliphatic carbocycles. The van der Waals surface area contributed by atoms with E-state index >= 15 is 0 Å². The van der Waals surface area contributed by atoms with E-state index in [2.05, 4.69) is 45.8 Å². The predicted molar refractivity (Wildman–Crippen MR) is 96.3 cm³/mol. The highest BCUT2D eigenvalue weighted by Gasteiger charge is 2.37. The van der Waals surface area contributed by atoms with Gasteiger partial charge in [0, 0.05) is 25.8 Å². The van der Waals surface area contributed by atoms with Crippen molar-refractivity contribution < 1.29 is 9.16 Å².